The zero-order chi connectivity index (χ0) is 19.7. The normalized spacial score (nSPS) is 11.1. The second-order valence-corrected chi connectivity index (χ2v) is 8.48. The fourth-order valence-electron chi connectivity index (χ4n) is 2.80. The Morgan fingerprint density at radius 2 is 1.93 bits per heavy atom. The molecule has 0 saturated heterocycles. The first kappa shape index (κ1) is 18.5. The number of amides is 1. The molecular weight excluding hydrogens is 394 g/mol. The maximum Gasteiger partial charge on any atom is 0.259 e. The Hall–Kier alpha value is -2.91. The highest BCUT2D eigenvalue weighted by Crippen LogP contribution is 2.27. The molecule has 4 aromatic rings. The highest BCUT2D eigenvalue weighted by atomic mass is 32.1. The van der Waals surface area contributed by atoms with Gasteiger partial charge in [-0.15, -0.1) is 21.5 Å². The average Bonchev–Trinajstić information content (AvgIpc) is 3.25. The molecule has 0 aliphatic rings. The van der Waals surface area contributed by atoms with E-state index < -0.39 is 0 Å². The first-order chi connectivity index (χ1) is 13.5. The summed E-state index contributed by atoms with van der Waals surface area (Å²) in [7, 11) is 0. The van der Waals surface area contributed by atoms with Crippen molar-refractivity contribution < 1.29 is 4.79 Å². The summed E-state index contributed by atoms with van der Waals surface area (Å²) in [6.07, 6.45) is 0.537. The summed E-state index contributed by atoms with van der Waals surface area (Å²) in [6.45, 7) is 3.89. The zero-order valence-corrected chi connectivity index (χ0v) is 16.9. The van der Waals surface area contributed by atoms with E-state index >= 15 is 0 Å². The van der Waals surface area contributed by atoms with Gasteiger partial charge in [0.1, 0.15) is 15.7 Å². The van der Waals surface area contributed by atoms with Crippen LogP contribution in [0, 0.1) is 13.8 Å². The molecular formula is C19H17N5O2S2. The van der Waals surface area contributed by atoms with Crippen LogP contribution in [0.2, 0.25) is 0 Å². The summed E-state index contributed by atoms with van der Waals surface area (Å²) >= 11 is 2.82. The highest BCUT2D eigenvalue weighted by Gasteiger charge is 2.14. The highest BCUT2D eigenvalue weighted by molar-refractivity contribution is 7.19. The predicted molar refractivity (Wildman–Crippen MR) is 112 cm³/mol. The molecule has 7 nitrogen and oxygen atoms in total. The zero-order valence-electron chi connectivity index (χ0n) is 15.3. The van der Waals surface area contributed by atoms with Crippen molar-refractivity contribution in [2.24, 2.45) is 0 Å². The van der Waals surface area contributed by atoms with Crippen LogP contribution in [0.15, 0.2) is 35.1 Å². The number of hydrogen-bond acceptors (Lipinski definition) is 7. The molecule has 3 heterocycles. The molecule has 3 aromatic heterocycles. The number of carbonyl (C=O) groups is 1. The van der Waals surface area contributed by atoms with Crippen molar-refractivity contribution in [3.05, 3.63) is 57.0 Å². The Kier molecular flexibility index (Phi) is 5.01. The minimum atomic E-state index is -0.197. The smallest absolute Gasteiger partial charge is 0.259 e. The van der Waals surface area contributed by atoms with Crippen molar-refractivity contribution in [1.29, 1.82) is 0 Å². The standard InChI is InChI=1S/C19H17N5O2S2/c1-10-11(2)27-18-15(10)16(26)20-13(21-18)8-9-14(25)22-19-24-23-17(28-19)12-6-4-3-5-7-12/h3-7H,8-9H2,1-2H3,(H,20,21,26)(H,22,24,25). The number of hydrogen-bond donors (Lipinski definition) is 2. The van der Waals surface area contributed by atoms with E-state index in [9.17, 15) is 9.59 Å². The molecule has 0 bridgehead atoms. The summed E-state index contributed by atoms with van der Waals surface area (Å²) in [5.41, 5.74) is 1.76. The Morgan fingerprint density at radius 1 is 1.14 bits per heavy atom. The van der Waals surface area contributed by atoms with Crippen molar-refractivity contribution in [1.82, 2.24) is 20.2 Å². The van der Waals surface area contributed by atoms with Gasteiger partial charge in [-0.2, -0.15) is 0 Å². The maximum atomic E-state index is 12.3. The summed E-state index contributed by atoms with van der Waals surface area (Å²) in [4.78, 5) is 33.6. The SMILES string of the molecule is Cc1sc2nc(CCC(=O)Nc3nnc(-c4ccccc4)s3)[nH]c(=O)c2c1C. The lowest BCUT2D eigenvalue weighted by atomic mass is 10.2. The Morgan fingerprint density at radius 3 is 2.71 bits per heavy atom. The van der Waals surface area contributed by atoms with E-state index in [4.69, 9.17) is 0 Å². The maximum absolute atomic E-state index is 12.3. The van der Waals surface area contributed by atoms with Crippen LogP contribution in [0.4, 0.5) is 5.13 Å². The number of aromatic nitrogens is 4. The van der Waals surface area contributed by atoms with Gasteiger partial charge in [-0.05, 0) is 19.4 Å². The summed E-state index contributed by atoms with van der Waals surface area (Å²) in [5, 5.41) is 12.7. The minimum Gasteiger partial charge on any atom is -0.310 e. The summed E-state index contributed by atoms with van der Waals surface area (Å²) < 4.78 is 0. The molecule has 9 heteroatoms. The van der Waals surface area contributed by atoms with Crippen molar-refractivity contribution in [3.8, 4) is 10.6 Å². The second kappa shape index (κ2) is 7.61. The lowest BCUT2D eigenvalue weighted by molar-refractivity contribution is -0.116. The van der Waals surface area contributed by atoms with E-state index in [-0.39, 0.29) is 17.9 Å². The van der Waals surface area contributed by atoms with Gasteiger partial charge in [0.25, 0.3) is 5.56 Å². The van der Waals surface area contributed by atoms with Gasteiger partial charge in [-0.1, -0.05) is 41.7 Å². The number of rotatable bonds is 5. The van der Waals surface area contributed by atoms with Crippen LogP contribution in [-0.2, 0) is 11.2 Å². The number of aryl methyl sites for hydroxylation is 3. The molecule has 0 fully saturated rings. The summed E-state index contributed by atoms with van der Waals surface area (Å²) in [5.74, 6) is 0.313. The number of anilines is 1. The Balaban J connectivity index is 1.42. The molecule has 0 radical (unpaired) electrons. The lowest BCUT2D eigenvalue weighted by Gasteiger charge is -2.02. The van der Waals surface area contributed by atoms with E-state index in [2.05, 4.69) is 25.5 Å². The Bertz CT molecular complexity index is 1210. The van der Waals surface area contributed by atoms with Crippen LogP contribution in [0.5, 0.6) is 0 Å². The lowest BCUT2D eigenvalue weighted by Crippen LogP contribution is -2.16. The van der Waals surface area contributed by atoms with E-state index in [0.717, 1.165) is 21.0 Å². The number of nitrogens with one attached hydrogen (secondary N) is 2. The molecule has 1 aromatic carbocycles. The molecule has 0 saturated carbocycles. The third kappa shape index (κ3) is 3.71. The molecule has 2 N–H and O–H groups in total. The topological polar surface area (TPSA) is 101 Å². The monoisotopic (exact) mass is 411 g/mol. The average molecular weight is 412 g/mol. The molecule has 0 aliphatic heterocycles. The molecule has 4 rings (SSSR count). The van der Waals surface area contributed by atoms with Crippen LogP contribution >= 0.6 is 22.7 Å². The van der Waals surface area contributed by atoms with Crippen LogP contribution in [-0.4, -0.2) is 26.1 Å². The van der Waals surface area contributed by atoms with E-state index in [1.54, 1.807) is 0 Å². The third-order valence-electron chi connectivity index (χ3n) is 4.37. The van der Waals surface area contributed by atoms with Crippen LogP contribution in [0.25, 0.3) is 20.8 Å². The van der Waals surface area contributed by atoms with Crippen molar-refractivity contribution in [2.45, 2.75) is 26.7 Å². The van der Waals surface area contributed by atoms with Crippen LogP contribution in [0.1, 0.15) is 22.7 Å². The van der Waals surface area contributed by atoms with Gasteiger partial charge in [0.05, 0.1) is 5.39 Å². The van der Waals surface area contributed by atoms with Gasteiger partial charge in [0, 0.05) is 23.3 Å². The second-order valence-electron chi connectivity index (χ2n) is 6.30. The number of carbonyl (C=O) groups excluding carboxylic acids is 1. The predicted octanol–water partition coefficient (Wildman–Crippen LogP) is 3.69. The fraction of sp³-hybridized carbons (Fsp3) is 0.211. The molecule has 0 aliphatic carbocycles. The van der Waals surface area contributed by atoms with Crippen molar-refractivity contribution in [2.75, 3.05) is 5.32 Å². The molecule has 28 heavy (non-hydrogen) atoms. The number of thiophene rings is 1. The van der Waals surface area contributed by atoms with Gasteiger partial charge in [-0.3, -0.25) is 9.59 Å². The molecule has 0 atom stereocenters. The Labute approximate surface area is 168 Å². The van der Waals surface area contributed by atoms with Gasteiger partial charge < -0.3 is 10.3 Å². The number of fused-ring (bicyclic) bond motifs is 1. The largest absolute Gasteiger partial charge is 0.310 e. The number of H-pyrrole nitrogens is 1. The molecule has 142 valence electrons. The van der Waals surface area contributed by atoms with E-state index in [1.165, 1.54) is 22.7 Å². The van der Waals surface area contributed by atoms with Crippen molar-refractivity contribution >= 4 is 43.9 Å². The molecule has 0 unspecified atom stereocenters. The first-order valence-corrected chi connectivity index (χ1v) is 10.3. The quantitative estimate of drug-likeness (QED) is 0.522. The van der Waals surface area contributed by atoms with E-state index in [1.807, 2.05) is 44.2 Å². The summed E-state index contributed by atoms with van der Waals surface area (Å²) in [6, 6.07) is 9.67. The number of aromatic amines is 1. The van der Waals surface area contributed by atoms with Crippen molar-refractivity contribution in [3.63, 3.8) is 0 Å². The fourth-order valence-corrected chi connectivity index (χ4v) is 4.62. The van der Waals surface area contributed by atoms with Crippen LogP contribution < -0.4 is 10.9 Å². The van der Waals surface area contributed by atoms with Gasteiger partial charge in [0.2, 0.25) is 11.0 Å². The number of benzene rings is 1. The van der Waals surface area contributed by atoms with Gasteiger partial charge in [-0.25, -0.2) is 4.98 Å². The minimum absolute atomic E-state index is 0.154. The van der Waals surface area contributed by atoms with Crippen LogP contribution in [0.3, 0.4) is 0 Å². The third-order valence-corrected chi connectivity index (χ3v) is 6.36. The molecule has 1 amide bonds. The number of nitrogens with zero attached hydrogens (tertiary/aromatic N) is 3. The van der Waals surface area contributed by atoms with E-state index in [0.29, 0.717) is 27.6 Å². The molecule has 0 spiro atoms. The first-order valence-electron chi connectivity index (χ1n) is 8.69. The van der Waals surface area contributed by atoms with Gasteiger partial charge >= 0.3 is 0 Å². The van der Waals surface area contributed by atoms with Gasteiger partial charge in [0.15, 0.2) is 0 Å².